The average Bonchev–Trinajstić information content (AvgIpc) is 3.24. The first-order valence-corrected chi connectivity index (χ1v) is 12.0. The second kappa shape index (κ2) is 8.72. The number of pyridine rings is 1. The van der Waals surface area contributed by atoms with Gasteiger partial charge in [0.05, 0.1) is 17.3 Å². The number of fused-ring (bicyclic) bond motifs is 1. The number of nitrogens with one attached hydrogen (secondary N) is 1. The molecule has 33 heavy (non-hydrogen) atoms. The zero-order valence-corrected chi connectivity index (χ0v) is 20.9. The first-order chi connectivity index (χ1) is 15.9. The van der Waals surface area contributed by atoms with E-state index in [1.54, 1.807) is 0 Å². The number of rotatable bonds is 3. The molecule has 164 valence electrons. The van der Waals surface area contributed by atoms with Gasteiger partial charge in [-0.2, -0.15) is 5.10 Å². The van der Waals surface area contributed by atoms with Crippen molar-refractivity contribution in [2.24, 2.45) is 5.10 Å². The molecule has 4 aromatic rings. The largest absolute Gasteiger partial charge is 0.321 e. The van der Waals surface area contributed by atoms with E-state index in [1.165, 1.54) is 11.9 Å². The predicted molar refractivity (Wildman–Crippen MR) is 138 cm³/mol. The first-order valence-electron chi connectivity index (χ1n) is 10.5. The van der Waals surface area contributed by atoms with Gasteiger partial charge in [-0.1, -0.05) is 74.3 Å². The van der Waals surface area contributed by atoms with E-state index in [2.05, 4.69) is 41.9 Å². The maximum Gasteiger partial charge on any atom is 0.258 e. The number of hydrogen-bond donors (Lipinski definition) is 1. The van der Waals surface area contributed by atoms with Crippen LogP contribution >= 0.6 is 31.9 Å². The van der Waals surface area contributed by atoms with Gasteiger partial charge in [-0.15, -0.1) is 0 Å². The highest BCUT2D eigenvalue weighted by Crippen LogP contribution is 2.37. The number of amides is 1. The maximum absolute atomic E-state index is 13.4. The third-order valence-corrected chi connectivity index (χ3v) is 6.78. The van der Waals surface area contributed by atoms with E-state index >= 15 is 0 Å². The van der Waals surface area contributed by atoms with Crippen LogP contribution in [0.5, 0.6) is 0 Å². The average molecular weight is 565 g/mol. The number of nitrogens with zero attached hydrogens (tertiary/aromatic N) is 2. The van der Waals surface area contributed by atoms with Crippen LogP contribution in [0, 0.1) is 0 Å². The van der Waals surface area contributed by atoms with Crippen LogP contribution in [0.15, 0.2) is 91.6 Å². The molecule has 1 aromatic heterocycles. The van der Waals surface area contributed by atoms with Gasteiger partial charge in [-0.3, -0.25) is 9.59 Å². The Hall–Kier alpha value is -3.03. The molecule has 5 nitrogen and oxygen atoms in total. The maximum atomic E-state index is 13.4. The van der Waals surface area contributed by atoms with Crippen LogP contribution in [-0.2, 0) is 4.79 Å². The van der Waals surface area contributed by atoms with Gasteiger partial charge in [-0.05, 0) is 41.5 Å². The van der Waals surface area contributed by atoms with Crippen molar-refractivity contribution in [2.75, 3.05) is 0 Å². The molecule has 0 aliphatic carbocycles. The SMILES string of the molecule is CC(=O)N1N=C(c2c(-c3ccccc3)c3cc(Br)ccc3[nH]c2=O)C[C@@H]1c1cccc(Br)c1. The number of carbonyl (C=O) groups is 1. The van der Waals surface area contributed by atoms with Crippen molar-refractivity contribution in [3.8, 4) is 11.1 Å². The summed E-state index contributed by atoms with van der Waals surface area (Å²) in [6, 6.07) is 23.2. The molecular formula is C26H19Br2N3O2. The summed E-state index contributed by atoms with van der Waals surface area (Å²) in [4.78, 5) is 28.9. The summed E-state index contributed by atoms with van der Waals surface area (Å²) >= 11 is 7.08. The van der Waals surface area contributed by atoms with Crippen LogP contribution in [0.2, 0.25) is 0 Å². The molecule has 7 heteroatoms. The zero-order valence-electron chi connectivity index (χ0n) is 17.7. The van der Waals surface area contributed by atoms with E-state index in [-0.39, 0.29) is 17.5 Å². The smallest absolute Gasteiger partial charge is 0.258 e. The lowest BCUT2D eigenvalue weighted by Gasteiger charge is -2.20. The Morgan fingerprint density at radius 1 is 0.970 bits per heavy atom. The molecule has 3 aromatic carbocycles. The van der Waals surface area contributed by atoms with Crippen molar-refractivity contribution in [1.29, 1.82) is 0 Å². The molecule has 0 unspecified atom stereocenters. The van der Waals surface area contributed by atoms with Crippen LogP contribution in [0.4, 0.5) is 0 Å². The third kappa shape index (κ3) is 4.07. The van der Waals surface area contributed by atoms with Gasteiger partial charge in [-0.25, -0.2) is 5.01 Å². The molecule has 0 fully saturated rings. The number of H-pyrrole nitrogens is 1. The topological polar surface area (TPSA) is 65.5 Å². The molecule has 0 radical (unpaired) electrons. The van der Waals surface area contributed by atoms with Gasteiger partial charge in [0.25, 0.3) is 5.56 Å². The number of halogens is 2. The Morgan fingerprint density at radius 3 is 2.45 bits per heavy atom. The number of carbonyl (C=O) groups excluding carboxylic acids is 1. The number of aromatic nitrogens is 1. The highest BCUT2D eigenvalue weighted by molar-refractivity contribution is 9.10. The Bertz CT molecular complexity index is 1480. The third-order valence-electron chi connectivity index (χ3n) is 5.79. The molecule has 1 atom stereocenters. The van der Waals surface area contributed by atoms with Crippen LogP contribution in [0.25, 0.3) is 22.0 Å². The van der Waals surface area contributed by atoms with Gasteiger partial charge >= 0.3 is 0 Å². The molecule has 0 saturated heterocycles. The fraction of sp³-hybridized carbons (Fsp3) is 0.115. The molecule has 2 heterocycles. The lowest BCUT2D eigenvalue weighted by atomic mass is 9.91. The van der Waals surface area contributed by atoms with Crippen molar-refractivity contribution in [2.45, 2.75) is 19.4 Å². The lowest BCUT2D eigenvalue weighted by molar-refractivity contribution is -0.130. The van der Waals surface area contributed by atoms with Gasteiger partial charge in [0.2, 0.25) is 5.91 Å². The minimum Gasteiger partial charge on any atom is -0.321 e. The number of hydrogen-bond acceptors (Lipinski definition) is 3. The quantitative estimate of drug-likeness (QED) is 0.312. The highest BCUT2D eigenvalue weighted by Gasteiger charge is 2.34. The fourth-order valence-corrected chi connectivity index (χ4v) is 5.15. The number of aromatic amines is 1. The van der Waals surface area contributed by atoms with Gasteiger partial charge in [0, 0.05) is 38.8 Å². The second-order valence-electron chi connectivity index (χ2n) is 7.95. The summed E-state index contributed by atoms with van der Waals surface area (Å²) in [6.07, 6.45) is 0.443. The second-order valence-corrected chi connectivity index (χ2v) is 9.78. The number of benzene rings is 3. The standard InChI is InChI=1S/C26H19Br2N3O2/c1-15(32)31-23(17-8-5-9-18(27)12-17)14-22(30-31)25-24(16-6-3-2-4-7-16)20-13-19(28)10-11-21(20)29-26(25)33/h2-13,23H,14H2,1H3,(H,29,33)/t23-/m1/s1. The van der Waals surface area contributed by atoms with Crippen molar-refractivity contribution >= 4 is 54.4 Å². The summed E-state index contributed by atoms with van der Waals surface area (Å²) in [5, 5.41) is 7.07. The molecule has 1 aliphatic rings. The molecule has 5 rings (SSSR count). The van der Waals surface area contributed by atoms with E-state index in [1.807, 2.05) is 72.8 Å². The Morgan fingerprint density at radius 2 is 1.73 bits per heavy atom. The minimum atomic E-state index is -0.281. The van der Waals surface area contributed by atoms with Gasteiger partial charge in [0.1, 0.15) is 0 Å². The van der Waals surface area contributed by atoms with Crippen molar-refractivity contribution in [3.63, 3.8) is 0 Å². The number of hydrazone groups is 1. The van der Waals surface area contributed by atoms with E-state index < -0.39 is 0 Å². The molecule has 1 amide bonds. The summed E-state index contributed by atoms with van der Waals surface area (Å²) in [5.41, 5.74) is 4.31. The Kier molecular flexibility index (Phi) is 5.76. The molecule has 1 aliphatic heterocycles. The summed E-state index contributed by atoms with van der Waals surface area (Å²) in [6.45, 7) is 1.50. The molecule has 0 spiro atoms. The molecular weight excluding hydrogens is 546 g/mol. The highest BCUT2D eigenvalue weighted by atomic mass is 79.9. The van der Waals surface area contributed by atoms with E-state index in [4.69, 9.17) is 0 Å². The fourth-order valence-electron chi connectivity index (χ4n) is 4.37. The van der Waals surface area contributed by atoms with E-state index in [9.17, 15) is 9.59 Å². The van der Waals surface area contributed by atoms with Crippen molar-refractivity contribution < 1.29 is 4.79 Å². The van der Waals surface area contributed by atoms with Gasteiger partial charge in [0.15, 0.2) is 0 Å². The normalized spacial score (nSPS) is 15.7. The Balaban J connectivity index is 1.75. The summed E-state index contributed by atoms with van der Waals surface area (Å²) < 4.78 is 1.84. The zero-order chi connectivity index (χ0) is 23.1. The molecule has 0 bridgehead atoms. The summed E-state index contributed by atoms with van der Waals surface area (Å²) in [7, 11) is 0. The predicted octanol–water partition coefficient (Wildman–Crippen LogP) is 6.42. The van der Waals surface area contributed by atoms with E-state index in [0.29, 0.717) is 17.7 Å². The van der Waals surface area contributed by atoms with Crippen molar-refractivity contribution in [3.05, 3.63) is 103 Å². The van der Waals surface area contributed by atoms with E-state index in [0.717, 1.165) is 36.5 Å². The monoisotopic (exact) mass is 563 g/mol. The van der Waals surface area contributed by atoms with Crippen LogP contribution in [0.1, 0.15) is 30.5 Å². The van der Waals surface area contributed by atoms with Gasteiger partial charge < -0.3 is 4.98 Å². The summed E-state index contributed by atoms with van der Waals surface area (Å²) in [5.74, 6) is -0.170. The molecule has 1 N–H and O–H groups in total. The minimum absolute atomic E-state index is 0.170. The lowest BCUT2D eigenvalue weighted by Crippen LogP contribution is -2.24. The van der Waals surface area contributed by atoms with Crippen LogP contribution < -0.4 is 5.56 Å². The van der Waals surface area contributed by atoms with Crippen molar-refractivity contribution in [1.82, 2.24) is 9.99 Å². The first kappa shape index (κ1) is 21.8. The Labute approximate surface area is 207 Å². The van der Waals surface area contributed by atoms with Crippen LogP contribution in [0.3, 0.4) is 0 Å². The molecule has 0 saturated carbocycles. The van der Waals surface area contributed by atoms with Crippen LogP contribution in [-0.4, -0.2) is 21.6 Å².